The second-order valence-electron chi connectivity index (χ2n) is 5.20. The lowest BCUT2D eigenvalue weighted by Gasteiger charge is -2.45. The highest BCUT2D eigenvalue weighted by Crippen LogP contribution is 2.38. The zero-order valence-electron chi connectivity index (χ0n) is 10.8. The van der Waals surface area contributed by atoms with Gasteiger partial charge in [-0.25, -0.2) is 14.6 Å². The van der Waals surface area contributed by atoms with E-state index < -0.39 is 11.2 Å². The molecule has 1 saturated heterocycles. The van der Waals surface area contributed by atoms with Crippen LogP contribution in [0.4, 0.5) is 0 Å². The predicted octanol–water partition coefficient (Wildman–Crippen LogP) is 2.61. The lowest BCUT2D eigenvalue weighted by Crippen LogP contribution is -2.62. The van der Waals surface area contributed by atoms with Crippen molar-refractivity contribution in [1.82, 2.24) is 0 Å². The fourth-order valence-electron chi connectivity index (χ4n) is 1.74. The Hall–Kier alpha value is -0.610. The Morgan fingerprint density at radius 2 is 2.00 bits per heavy atom. The Labute approximate surface area is 97.2 Å². The third-order valence-corrected chi connectivity index (χ3v) is 2.65. The molecule has 0 unspecified atom stereocenters. The summed E-state index contributed by atoms with van der Waals surface area (Å²) >= 11 is 0. The maximum absolute atomic E-state index is 12.1. The summed E-state index contributed by atoms with van der Waals surface area (Å²) in [6.45, 7) is 9.51. The van der Waals surface area contributed by atoms with E-state index in [4.69, 9.17) is 14.5 Å². The summed E-state index contributed by atoms with van der Waals surface area (Å²) in [6, 6.07) is 0. The van der Waals surface area contributed by atoms with Gasteiger partial charge >= 0.3 is 5.97 Å². The van der Waals surface area contributed by atoms with Gasteiger partial charge in [0.1, 0.15) is 11.7 Å². The number of hydrogen-bond donors (Lipinski definition) is 0. The minimum absolute atomic E-state index is 0.169. The van der Waals surface area contributed by atoms with Crippen LogP contribution in [0.5, 0.6) is 0 Å². The largest absolute Gasteiger partial charge is 0.458 e. The van der Waals surface area contributed by atoms with Crippen molar-refractivity contribution in [3.05, 3.63) is 0 Å². The van der Waals surface area contributed by atoms with Gasteiger partial charge in [0.15, 0.2) is 0 Å². The monoisotopic (exact) mass is 230 g/mol. The Bertz CT molecular complexity index is 252. The number of hydrogen-bond acceptors (Lipinski definition) is 4. The van der Waals surface area contributed by atoms with Crippen molar-refractivity contribution < 1.29 is 19.3 Å². The molecule has 0 bridgehead atoms. The van der Waals surface area contributed by atoms with Crippen molar-refractivity contribution in [2.45, 2.75) is 71.2 Å². The molecule has 1 aliphatic rings. The number of esters is 1. The Kier molecular flexibility index (Phi) is 3.97. The summed E-state index contributed by atoms with van der Waals surface area (Å²) in [7, 11) is 0. The van der Waals surface area contributed by atoms with Crippen LogP contribution >= 0.6 is 0 Å². The van der Waals surface area contributed by atoms with Crippen molar-refractivity contribution in [3.8, 4) is 0 Å². The lowest BCUT2D eigenvalue weighted by atomic mass is 9.89. The number of carbonyl (C=O) groups is 1. The maximum atomic E-state index is 12.1. The summed E-state index contributed by atoms with van der Waals surface area (Å²) in [5, 5.41) is 0. The predicted molar refractivity (Wildman–Crippen MR) is 59.7 cm³/mol. The van der Waals surface area contributed by atoms with Gasteiger partial charge in [-0.1, -0.05) is 20.3 Å². The molecule has 0 radical (unpaired) electrons. The van der Waals surface area contributed by atoms with E-state index in [9.17, 15) is 4.79 Å². The molecule has 0 saturated carbocycles. The Balaban J connectivity index is 2.70. The van der Waals surface area contributed by atoms with Gasteiger partial charge in [-0.3, -0.25) is 0 Å². The fourth-order valence-corrected chi connectivity index (χ4v) is 1.74. The summed E-state index contributed by atoms with van der Waals surface area (Å²) < 4.78 is 5.37. The molecule has 16 heavy (non-hydrogen) atoms. The van der Waals surface area contributed by atoms with E-state index in [0.29, 0.717) is 6.42 Å². The van der Waals surface area contributed by atoms with Crippen LogP contribution in [-0.4, -0.2) is 23.3 Å². The van der Waals surface area contributed by atoms with E-state index in [1.54, 1.807) is 0 Å². The van der Waals surface area contributed by atoms with Gasteiger partial charge in [0, 0.05) is 0 Å². The quantitative estimate of drug-likeness (QED) is 0.550. The van der Waals surface area contributed by atoms with Crippen LogP contribution in [0.15, 0.2) is 0 Å². The molecule has 0 aromatic rings. The average molecular weight is 230 g/mol. The summed E-state index contributed by atoms with van der Waals surface area (Å²) in [5.74, 6) is -0.313. The van der Waals surface area contributed by atoms with Crippen LogP contribution in [-0.2, 0) is 19.3 Å². The highest BCUT2D eigenvalue weighted by Gasteiger charge is 2.57. The van der Waals surface area contributed by atoms with Crippen LogP contribution in [0.3, 0.4) is 0 Å². The molecule has 1 heterocycles. The number of carbonyl (C=O) groups excluding carboxylic acids is 1. The van der Waals surface area contributed by atoms with Gasteiger partial charge in [0.05, 0.1) is 0 Å². The van der Waals surface area contributed by atoms with Gasteiger partial charge in [0.2, 0.25) is 5.60 Å². The fraction of sp³-hybridized carbons (Fsp3) is 0.917. The molecular weight excluding hydrogens is 208 g/mol. The molecule has 0 aromatic carbocycles. The smallest absolute Gasteiger partial charge is 0.345 e. The molecule has 1 aliphatic heterocycles. The minimum Gasteiger partial charge on any atom is -0.458 e. The van der Waals surface area contributed by atoms with E-state index in [1.165, 1.54) is 0 Å². The molecule has 4 nitrogen and oxygen atoms in total. The van der Waals surface area contributed by atoms with Crippen molar-refractivity contribution in [1.29, 1.82) is 0 Å². The van der Waals surface area contributed by atoms with Gasteiger partial charge in [-0.05, 0) is 33.6 Å². The van der Waals surface area contributed by atoms with Crippen molar-refractivity contribution >= 4 is 5.97 Å². The summed E-state index contributed by atoms with van der Waals surface area (Å²) in [4.78, 5) is 22.1. The topological polar surface area (TPSA) is 44.8 Å². The van der Waals surface area contributed by atoms with Crippen molar-refractivity contribution in [2.75, 3.05) is 0 Å². The van der Waals surface area contributed by atoms with Crippen LogP contribution < -0.4 is 0 Å². The molecular formula is C12H22O4. The first-order valence-electron chi connectivity index (χ1n) is 5.93. The molecule has 94 valence electrons. The first-order valence-corrected chi connectivity index (χ1v) is 5.93. The van der Waals surface area contributed by atoms with Crippen molar-refractivity contribution in [3.63, 3.8) is 0 Å². The van der Waals surface area contributed by atoms with Gasteiger partial charge in [-0.15, -0.1) is 0 Å². The third-order valence-electron chi connectivity index (χ3n) is 2.65. The number of ether oxygens (including phenoxy) is 1. The summed E-state index contributed by atoms with van der Waals surface area (Å²) in [6.07, 6.45) is 2.18. The zero-order valence-corrected chi connectivity index (χ0v) is 10.8. The van der Waals surface area contributed by atoms with Gasteiger partial charge in [-0.2, -0.15) is 0 Å². The zero-order chi connectivity index (χ0) is 12.4. The molecule has 4 heteroatoms. The molecule has 2 atom stereocenters. The van der Waals surface area contributed by atoms with Gasteiger partial charge < -0.3 is 4.74 Å². The molecule has 0 aromatic heterocycles. The van der Waals surface area contributed by atoms with Crippen LogP contribution in [0, 0.1) is 0 Å². The van der Waals surface area contributed by atoms with E-state index in [1.807, 2.05) is 27.7 Å². The van der Waals surface area contributed by atoms with Crippen LogP contribution in [0.2, 0.25) is 0 Å². The average Bonchev–Trinajstić information content (AvgIpc) is 2.11. The van der Waals surface area contributed by atoms with E-state index in [-0.39, 0.29) is 12.1 Å². The Morgan fingerprint density at radius 1 is 1.38 bits per heavy atom. The molecule has 1 rings (SSSR count). The first-order chi connectivity index (χ1) is 7.35. The van der Waals surface area contributed by atoms with Crippen LogP contribution in [0.1, 0.15) is 53.9 Å². The summed E-state index contributed by atoms with van der Waals surface area (Å²) in [5.41, 5.74) is -1.38. The SMILES string of the molecule is CCC[C@@H]1OO[C@@]1(CC)C(=O)OC(C)(C)C. The number of rotatable bonds is 4. The lowest BCUT2D eigenvalue weighted by molar-refractivity contribution is -0.499. The molecule has 0 aliphatic carbocycles. The molecule has 0 spiro atoms. The first kappa shape index (κ1) is 13.5. The van der Waals surface area contributed by atoms with Gasteiger partial charge in [0.25, 0.3) is 0 Å². The van der Waals surface area contributed by atoms with Crippen LogP contribution in [0.25, 0.3) is 0 Å². The van der Waals surface area contributed by atoms with Crippen molar-refractivity contribution in [2.24, 2.45) is 0 Å². The minimum atomic E-state index is -0.886. The van der Waals surface area contributed by atoms with E-state index in [2.05, 4.69) is 6.92 Å². The molecule has 1 fully saturated rings. The standard InChI is InChI=1S/C12H22O4/c1-6-8-9-12(7-2,16-15-9)10(13)14-11(3,4)5/h9H,6-8H2,1-5H3/t9-,12+/m0/s1. The third kappa shape index (κ3) is 2.55. The molecule has 0 N–H and O–H groups in total. The van der Waals surface area contributed by atoms with E-state index >= 15 is 0 Å². The maximum Gasteiger partial charge on any atom is 0.345 e. The molecule has 0 amide bonds. The second kappa shape index (κ2) is 4.72. The normalized spacial score (nSPS) is 29.7. The highest BCUT2D eigenvalue weighted by atomic mass is 17.3. The Morgan fingerprint density at radius 3 is 2.31 bits per heavy atom. The second-order valence-corrected chi connectivity index (χ2v) is 5.20. The van der Waals surface area contributed by atoms with E-state index in [0.717, 1.165) is 12.8 Å². The highest BCUT2D eigenvalue weighted by molar-refractivity contribution is 5.81.